The molecule has 0 spiro atoms. The Balaban J connectivity index is 2.11. The van der Waals surface area contributed by atoms with Gasteiger partial charge >= 0.3 is 0 Å². The number of hydrogen-bond acceptors (Lipinski definition) is 3. The van der Waals surface area contributed by atoms with Gasteiger partial charge in [-0.25, -0.2) is 4.39 Å². The van der Waals surface area contributed by atoms with E-state index in [0.717, 1.165) is 10.9 Å². The van der Waals surface area contributed by atoms with Crippen molar-refractivity contribution in [3.05, 3.63) is 66.1 Å². The fraction of sp³-hybridized carbons (Fsp3) is 0.118. The molecule has 1 atom stereocenters. The minimum absolute atomic E-state index is 0.170. The number of hydrogen-bond donors (Lipinski definition) is 1. The van der Waals surface area contributed by atoms with Crippen molar-refractivity contribution in [2.24, 2.45) is 5.73 Å². The van der Waals surface area contributed by atoms with Crippen LogP contribution in [-0.4, -0.2) is 4.98 Å². The predicted octanol–water partition coefficient (Wildman–Crippen LogP) is 4.19. The second-order valence-corrected chi connectivity index (χ2v) is 4.88. The molecule has 0 amide bonds. The molecule has 2 N–H and O–H groups in total. The van der Waals surface area contributed by atoms with Crippen molar-refractivity contribution in [2.75, 3.05) is 0 Å². The molecule has 3 aromatic rings. The summed E-state index contributed by atoms with van der Waals surface area (Å²) in [4.78, 5) is 4.27. The van der Waals surface area contributed by atoms with Crippen molar-refractivity contribution >= 4 is 10.9 Å². The van der Waals surface area contributed by atoms with E-state index >= 15 is 0 Å². The summed E-state index contributed by atoms with van der Waals surface area (Å²) in [6.07, 6.45) is 1.71. The molecule has 0 aliphatic heterocycles. The van der Waals surface area contributed by atoms with E-state index in [2.05, 4.69) is 4.98 Å². The highest BCUT2D eigenvalue weighted by Gasteiger charge is 2.15. The summed E-state index contributed by atoms with van der Waals surface area (Å²) >= 11 is 0. The quantitative estimate of drug-likeness (QED) is 0.783. The molecular weight excluding hydrogens is 267 g/mol. The number of halogens is 1. The first-order valence-corrected chi connectivity index (χ1v) is 6.72. The molecule has 3 rings (SSSR count). The Kier molecular flexibility index (Phi) is 3.54. The van der Waals surface area contributed by atoms with Crippen LogP contribution in [0.15, 0.2) is 54.7 Å². The second-order valence-electron chi connectivity index (χ2n) is 4.88. The van der Waals surface area contributed by atoms with Crippen LogP contribution >= 0.6 is 0 Å². The van der Waals surface area contributed by atoms with Gasteiger partial charge in [-0.1, -0.05) is 18.2 Å². The molecule has 21 heavy (non-hydrogen) atoms. The number of benzene rings is 2. The maximum atomic E-state index is 14.1. The average Bonchev–Trinajstić information content (AvgIpc) is 2.49. The molecule has 2 aromatic carbocycles. The van der Waals surface area contributed by atoms with E-state index in [1.165, 1.54) is 6.07 Å². The molecule has 3 nitrogen and oxygen atoms in total. The van der Waals surface area contributed by atoms with Crippen LogP contribution in [0.4, 0.5) is 4.39 Å². The number of pyridine rings is 1. The largest absolute Gasteiger partial charge is 0.453 e. The van der Waals surface area contributed by atoms with Gasteiger partial charge in [-0.3, -0.25) is 4.98 Å². The molecule has 0 unspecified atom stereocenters. The minimum atomic E-state index is -0.425. The Hall–Kier alpha value is -2.46. The van der Waals surface area contributed by atoms with E-state index in [9.17, 15) is 4.39 Å². The number of para-hydroxylation sites is 1. The molecule has 106 valence electrons. The molecule has 1 heterocycles. The van der Waals surface area contributed by atoms with E-state index in [4.69, 9.17) is 10.5 Å². The smallest absolute Gasteiger partial charge is 0.167 e. The van der Waals surface area contributed by atoms with Crippen molar-refractivity contribution in [3.63, 3.8) is 0 Å². The van der Waals surface area contributed by atoms with Crippen LogP contribution in [0.5, 0.6) is 11.5 Å². The summed E-state index contributed by atoms with van der Waals surface area (Å²) in [7, 11) is 0. The van der Waals surface area contributed by atoms with E-state index in [-0.39, 0.29) is 11.8 Å². The van der Waals surface area contributed by atoms with Gasteiger partial charge in [0.15, 0.2) is 11.6 Å². The summed E-state index contributed by atoms with van der Waals surface area (Å²) in [6.45, 7) is 1.80. The van der Waals surface area contributed by atoms with Crippen LogP contribution in [0.2, 0.25) is 0 Å². The van der Waals surface area contributed by atoms with Gasteiger partial charge in [0.1, 0.15) is 5.75 Å². The average molecular weight is 282 g/mol. The highest BCUT2D eigenvalue weighted by molar-refractivity contribution is 5.85. The molecule has 4 heteroatoms. The summed E-state index contributed by atoms with van der Waals surface area (Å²) in [5, 5.41) is 0.832. The Morgan fingerprint density at radius 3 is 2.71 bits per heavy atom. The maximum absolute atomic E-state index is 14.1. The van der Waals surface area contributed by atoms with Gasteiger partial charge in [0.2, 0.25) is 0 Å². The van der Waals surface area contributed by atoms with Crippen molar-refractivity contribution in [1.29, 1.82) is 0 Å². The van der Waals surface area contributed by atoms with Gasteiger partial charge in [0, 0.05) is 23.2 Å². The summed E-state index contributed by atoms with van der Waals surface area (Å²) in [5.41, 5.74) is 7.33. The first-order valence-electron chi connectivity index (χ1n) is 6.72. The van der Waals surface area contributed by atoms with E-state index in [1.54, 1.807) is 31.3 Å². The molecule has 1 aromatic heterocycles. The molecule has 0 saturated heterocycles. The summed E-state index contributed by atoms with van der Waals surface area (Å²) in [5.74, 6) is 0.308. The first kappa shape index (κ1) is 13.5. The first-order chi connectivity index (χ1) is 10.2. The fourth-order valence-corrected chi connectivity index (χ4v) is 2.27. The van der Waals surface area contributed by atoms with Crippen LogP contribution in [0.3, 0.4) is 0 Å². The Morgan fingerprint density at radius 1 is 1.10 bits per heavy atom. The van der Waals surface area contributed by atoms with E-state index in [1.807, 2.05) is 24.3 Å². The van der Waals surface area contributed by atoms with Crippen LogP contribution in [0, 0.1) is 5.82 Å². The normalized spacial score (nSPS) is 12.3. The van der Waals surface area contributed by atoms with Crippen LogP contribution in [0.25, 0.3) is 10.9 Å². The molecule has 0 aliphatic carbocycles. The van der Waals surface area contributed by atoms with E-state index in [0.29, 0.717) is 11.3 Å². The molecule has 0 fully saturated rings. The number of ether oxygens (including phenoxy) is 1. The van der Waals surface area contributed by atoms with Gasteiger partial charge in [-0.05, 0) is 37.3 Å². The lowest BCUT2D eigenvalue weighted by Crippen LogP contribution is -2.07. The fourth-order valence-electron chi connectivity index (χ4n) is 2.27. The van der Waals surface area contributed by atoms with Gasteiger partial charge in [0.05, 0.1) is 5.52 Å². The highest BCUT2D eigenvalue weighted by atomic mass is 19.1. The molecular formula is C17H15FN2O. The third-order valence-electron chi connectivity index (χ3n) is 3.31. The molecule has 0 saturated carbocycles. The van der Waals surface area contributed by atoms with Crippen molar-refractivity contribution in [2.45, 2.75) is 13.0 Å². The van der Waals surface area contributed by atoms with Crippen LogP contribution in [0.1, 0.15) is 18.5 Å². The number of fused-ring (bicyclic) bond motifs is 1. The standard InChI is InChI=1S/C17H15FN2O/c1-11(19)12-5-2-7-14(18)17(12)21-16-9-3-8-15-13(16)6-4-10-20-15/h2-11H,19H2,1H3/t11-/m1/s1. The van der Waals surface area contributed by atoms with Gasteiger partial charge in [0.25, 0.3) is 0 Å². The third kappa shape index (κ3) is 2.58. The molecule has 0 radical (unpaired) electrons. The zero-order valence-electron chi connectivity index (χ0n) is 11.6. The van der Waals surface area contributed by atoms with Crippen molar-refractivity contribution in [3.8, 4) is 11.5 Å². The lowest BCUT2D eigenvalue weighted by atomic mass is 10.1. The lowest BCUT2D eigenvalue weighted by molar-refractivity contribution is 0.436. The third-order valence-corrected chi connectivity index (χ3v) is 3.31. The zero-order valence-corrected chi connectivity index (χ0v) is 11.6. The van der Waals surface area contributed by atoms with Crippen molar-refractivity contribution in [1.82, 2.24) is 4.98 Å². The number of nitrogens with zero attached hydrogens (tertiary/aromatic N) is 1. The van der Waals surface area contributed by atoms with Crippen LogP contribution in [-0.2, 0) is 0 Å². The Labute approximate surface area is 122 Å². The number of rotatable bonds is 3. The Morgan fingerprint density at radius 2 is 1.90 bits per heavy atom. The van der Waals surface area contributed by atoms with Crippen molar-refractivity contribution < 1.29 is 9.13 Å². The molecule has 0 aliphatic rings. The second kappa shape index (κ2) is 5.50. The zero-order chi connectivity index (χ0) is 14.8. The number of aromatic nitrogens is 1. The Bertz CT molecular complexity index is 781. The maximum Gasteiger partial charge on any atom is 0.167 e. The topological polar surface area (TPSA) is 48.1 Å². The van der Waals surface area contributed by atoms with Crippen LogP contribution < -0.4 is 10.5 Å². The summed E-state index contributed by atoms with van der Waals surface area (Å²) in [6, 6.07) is 13.7. The minimum Gasteiger partial charge on any atom is -0.453 e. The monoisotopic (exact) mass is 282 g/mol. The lowest BCUT2D eigenvalue weighted by Gasteiger charge is -2.15. The van der Waals surface area contributed by atoms with Gasteiger partial charge in [-0.15, -0.1) is 0 Å². The van der Waals surface area contributed by atoms with E-state index < -0.39 is 5.82 Å². The summed E-state index contributed by atoms with van der Waals surface area (Å²) < 4.78 is 19.9. The number of nitrogens with two attached hydrogens (primary N) is 1. The van der Waals surface area contributed by atoms with Gasteiger partial charge < -0.3 is 10.5 Å². The SMILES string of the molecule is C[C@@H](N)c1cccc(F)c1Oc1cccc2ncccc12. The predicted molar refractivity (Wildman–Crippen MR) is 80.8 cm³/mol. The molecule has 0 bridgehead atoms. The highest BCUT2D eigenvalue weighted by Crippen LogP contribution is 2.34. The van der Waals surface area contributed by atoms with Gasteiger partial charge in [-0.2, -0.15) is 0 Å².